The highest BCUT2D eigenvalue weighted by molar-refractivity contribution is 6.17. The number of carbonyl (C=O) groups excluding carboxylic acids is 1. The fourth-order valence-electron chi connectivity index (χ4n) is 3.92. The first kappa shape index (κ1) is 26.0. The van der Waals surface area contributed by atoms with Crippen LogP contribution in [0.2, 0.25) is 0 Å². The van der Waals surface area contributed by atoms with E-state index in [0.717, 1.165) is 6.20 Å². The molecule has 0 aliphatic carbocycles. The number of rotatable bonds is 6. The van der Waals surface area contributed by atoms with Crippen LogP contribution in [-0.4, -0.2) is 68.9 Å². The number of piperidine rings is 1. The molecule has 9 nitrogen and oxygen atoms in total. The predicted molar refractivity (Wildman–Crippen MR) is 119 cm³/mol. The van der Waals surface area contributed by atoms with Crippen LogP contribution in [0.3, 0.4) is 0 Å². The predicted octanol–water partition coefficient (Wildman–Crippen LogP) is 2.70. The monoisotopic (exact) mass is 495 g/mol. The summed E-state index contributed by atoms with van der Waals surface area (Å²) in [4.78, 5) is 33.8. The van der Waals surface area contributed by atoms with Gasteiger partial charge in [-0.3, -0.25) is 9.79 Å². The largest absolute Gasteiger partial charge is 0.474 e. The molecule has 3 atom stereocenters. The Morgan fingerprint density at radius 2 is 1.97 bits per heavy atom. The van der Waals surface area contributed by atoms with Gasteiger partial charge in [0.15, 0.2) is 11.5 Å². The Morgan fingerprint density at radius 1 is 1.29 bits per heavy atom. The second-order valence-corrected chi connectivity index (χ2v) is 8.43. The molecule has 3 rings (SSSR count). The number of alkyl halides is 4. The molecule has 1 fully saturated rings. The lowest BCUT2D eigenvalue weighted by atomic mass is 9.83. The van der Waals surface area contributed by atoms with E-state index in [1.54, 1.807) is 13.0 Å². The lowest BCUT2D eigenvalue weighted by molar-refractivity contribution is -0.141. The Hall–Kier alpha value is -3.64. The van der Waals surface area contributed by atoms with Crippen molar-refractivity contribution in [1.82, 2.24) is 24.8 Å². The van der Waals surface area contributed by atoms with Crippen LogP contribution >= 0.6 is 0 Å². The van der Waals surface area contributed by atoms with E-state index in [9.17, 15) is 18.0 Å². The van der Waals surface area contributed by atoms with Crippen LogP contribution in [0.1, 0.15) is 31.8 Å². The molecule has 1 amide bonds. The van der Waals surface area contributed by atoms with Gasteiger partial charge in [-0.1, -0.05) is 6.92 Å². The smallest absolute Gasteiger partial charge is 0.434 e. The van der Waals surface area contributed by atoms with Crippen molar-refractivity contribution in [3.8, 4) is 5.88 Å². The number of likely N-dealkylation sites (tertiary alicyclic amines) is 1. The Morgan fingerprint density at radius 3 is 2.54 bits per heavy atom. The molecule has 13 heteroatoms. The highest BCUT2D eigenvalue weighted by Crippen LogP contribution is 2.34. The van der Waals surface area contributed by atoms with Gasteiger partial charge >= 0.3 is 6.18 Å². The van der Waals surface area contributed by atoms with E-state index < -0.39 is 29.5 Å². The van der Waals surface area contributed by atoms with E-state index in [1.165, 1.54) is 37.5 Å². The molecule has 3 heterocycles. The molecular formula is C22H25F4N7O2. The number of nitrogens with zero attached hydrogens (tertiary/aromatic N) is 6. The van der Waals surface area contributed by atoms with Crippen molar-refractivity contribution in [3.63, 3.8) is 0 Å². The third-order valence-corrected chi connectivity index (χ3v) is 5.47. The van der Waals surface area contributed by atoms with E-state index in [1.807, 2.05) is 0 Å². The van der Waals surface area contributed by atoms with Gasteiger partial charge in [0.25, 0.3) is 5.91 Å². The number of allylic oxidation sites excluding steroid dienone is 1. The van der Waals surface area contributed by atoms with Crippen molar-refractivity contribution < 1.29 is 27.1 Å². The van der Waals surface area contributed by atoms with Crippen molar-refractivity contribution in [3.05, 3.63) is 48.1 Å². The molecule has 2 N–H and O–H groups in total. The molecular weight excluding hydrogens is 470 g/mol. The standard InChI is InChI=1S/C22H25F4N7O2/c1-13-7-21(2,23)12-33(15(13)11-35-17-10-31-16(9-32-17)22(24,25)26)20(34)18(27)14(8-28-3)19-29-5-4-6-30-19/h4-6,8-10,13,15H,7,11-12,27H2,1-3H3/t13?,15-,21?/m1/s1. The normalized spacial score (nSPS) is 23.8. The molecule has 1 aliphatic rings. The fraction of sp³-hybridized carbons (Fsp3) is 0.455. The molecule has 0 spiro atoms. The Balaban J connectivity index is 1.88. The van der Waals surface area contributed by atoms with Gasteiger partial charge in [0.2, 0.25) is 5.88 Å². The Bertz CT molecular complexity index is 1090. The second kappa shape index (κ2) is 10.3. The summed E-state index contributed by atoms with van der Waals surface area (Å²) in [6, 6.07) is 0.950. The van der Waals surface area contributed by atoms with Gasteiger partial charge in [-0.2, -0.15) is 13.2 Å². The second-order valence-electron chi connectivity index (χ2n) is 8.43. The van der Waals surface area contributed by atoms with Crippen LogP contribution in [0, 0.1) is 5.92 Å². The first-order valence-corrected chi connectivity index (χ1v) is 10.6. The Labute approximate surface area is 199 Å². The summed E-state index contributed by atoms with van der Waals surface area (Å²) in [5, 5.41) is 0. The van der Waals surface area contributed by atoms with Crippen molar-refractivity contribution in [2.24, 2.45) is 16.6 Å². The number of halogens is 4. The molecule has 1 saturated heterocycles. The SMILES string of the molecule is CN=CC(=C(N)C(=O)N1CC(C)(F)CC(C)[C@H]1COc1cnc(C(F)(F)F)cn1)c1ncccn1. The van der Waals surface area contributed by atoms with E-state index in [4.69, 9.17) is 10.5 Å². The molecule has 188 valence electrons. The Kier molecular flexibility index (Phi) is 7.66. The van der Waals surface area contributed by atoms with Gasteiger partial charge in [-0.25, -0.2) is 24.3 Å². The molecule has 2 unspecified atom stereocenters. The minimum Gasteiger partial charge on any atom is -0.474 e. The number of amides is 1. The minimum atomic E-state index is -4.63. The quantitative estimate of drug-likeness (QED) is 0.372. The van der Waals surface area contributed by atoms with Crippen LogP contribution in [0.4, 0.5) is 17.6 Å². The maximum atomic E-state index is 15.1. The first-order chi connectivity index (χ1) is 16.4. The van der Waals surface area contributed by atoms with E-state index in [-0.39, 0.29) is 48.5 Å². The number of hydrogen-bond donors (Lipinski definition) is 1. The zero-order valence-corrected chi connectivity index (χ0v) is 19.3. The maximum absolute atomic E-state index is 15.1. The van der Waals surface area contributed by atoms with Crippen molar-refractivity contribution in [2.75, 3.05) is 20.2 Å². The van der Waals surface area contributed by atoms with Crippen molar-refractivity contribution >= 4 is 17.7 Å². The number of nitrogens with two attached hydrogens (primary N) is 1. The summed E-state index contributed by atoms with van der Waals surface area (Å²) >= 11 is 0. The van der Waals surface area contributed by atoms with Crippen LogP contribution < -0.4 is 10.5 Å². The lowest BCUT2D eigenvalue weighted by Gasteiger charge is -2.45. The third kappa shape index (κ3) is 6.28. The van der Waals surface area contributed by atoms with Gasteiger partial charge in [0.1, 0.15) is 18.0 Å². The number of carbonyl (C=O) groups is 1. The summed E-state index contributed by atoms with van der Waals surface area (Å²) in [6.07, 6.45) is 1.20. The van der Waals surface area contributed by atoms with Gasteiger partial charge < -0.3 is 15.4 Å². The van der Waals surface area contributed by atoms with Crippen LogP contribution in [0.5, 0.6) is 5.88 Å². The molecule has 35 heavy (non-hydrogen) atoms. The van der Waals surface area contributed by atoms with Gasteiger partial charge in [-0.05, 0) is 25.3 Å². The maximum Gasteiger partial charge on any atom is 0.434 e. The summed E-state index contributed by atoms with van der Waals surface area (Å²) in [5.41, 5.74) is 3.28. The molecule has 2 aromatic rings. The van der Waals surface area contributed by atoms with Gasteiger partial charge in [0, 0.05) is 25.7 Å². The zero-order chi connectivity index (χ0) is 25.8. The highest BCUT2D eigenvalue weighted by atomic mass is 19.4. The molecule has 0 aromatic carbocycles. The zero-order valence-electron chi connectivity index (χ0n) is 19.3. The third-order valence-electron chi connectivity index (χ3n) is 5.47. The number of aromatic nitrogens is 4. The molecule has 0 saturated carbocycles. The van der Waals surface area contributed by atoms with Gasteiger partial charge in [-0.15, -0.1) is 0 Å². The molecule has 0 bridgehead atoms. The fourth-order valence-corrected chi connectivity index (χ4v) is 3.92. The average molecular weight is 495 g/mol. The topological polar surface area (TPSA) is 119 Å². The summed E-state index contributed by atoms with van der Waals surface area (Å²) in [7, 11) is 1.49. The van der Waals surface area contributed by atoms with Gasteiger partial charge in [0.05, 0.1) is 30.6 Å². The highest BCUT2D eigenvalue weighted by Gasteiger charge is 2.44. The van der Waals surface area contributed by atoms with E-state index in [2.05, 4.69) is 24.9 Å². The van der Waals surface area contributed by atoms with Crippen LogP contribution in [0.25, 0.3) is 5.57 Å². The van der Waals surface area contributed by atoms with E-state index in [0.29, 0.717) is 6.20 Å². The van der Waals surface area contributed by atoms with Crippen LogP contribution in [0.15, 0.2) is 41.5 Å². The first-order valence-electron chi connectivity index (χ1n) is 10.6. The summed E-state index contributed by atoms with van der Waals surface area (Å²) in [6.45, 7) is 2.71. The van der Waals surface area contributed by atoms with E-state index >= 15 is 4.39 Å². The summed E-state index contributed by atoms with van der Waals surface area (Å²) in [5.74, 6) is -1.03. The number of hydrogen-bond acceptors (Lipinski definition) is 8. The van der Waals surface area contributed by atoms with Crippen molar-refractivity contribution in [2.45, 2.75) is 38.2 Å². The molecule has 1 aliphatic heterocycles. The molecule has 2 aromatic heterocycles. The summed E-state index contributed by atoms with van der Waals surface area (Å²) < 4.78 is 58.8. The minimum absolute atomic E-state index is 0.137. The molecule has 0 radical (unpaired) electrons. The number of ether oxygens (including phenoxy) is 1. The lowest BCUT2D eigenvalue weighted by Crippen LogP contribution is -2.58. The average Bonchev–Trinajstić information content (AvgIpc) is 2.80. The number of aliphatic imine (C=N–C) groups is 1. The van der Waals surface area contributed by atoms with Crippen LogP contribution in [-0.2, 0) is 11.0 Å². The van der Waals surface area contributed by atoms with Crippen molar-refractivity contribution in [1.29, 1.82) is 0 Å².